The second kappa shape index (κ2) is 7.61. The van der Waals surface area contributed by atoms with Crippen LogP contribution in [0.25, 0.3) is 11.3 Å². The molecule has 0 unspecified atom stereocenters. The van der Waals surface area contributed by atoms with E-state index in [2.05, 4.69) is 27.8 Å². The van der Waals surface area contributed by atoms with E-state index < -0.39 is 0 Å². The predicted molar refractivity (Wildman–Crippen MR) is 102 cm³/mol. The minimum absolute atomic E-state index is 0.286. The average Bonchev–Trinajstić information content (AvgIpc) is 3.16. The van der Waals surface area contributed by atoms with Crippen molar-refractivity contribution in [2.24, 2.45) is 0 Å². The zero-order chi connectivity index (χ0) is 18.6. The van der Waals surface area contributed by atoms with Crippen molar-refractivity contribution in [3.63, 3.8) is 0 Å². The Kier molecular flexibility index (Phi) is 4.87. The highest BCUT2D eigenvalue weighted by molar-refractivity contribution is 6.05. The first kappa shape index (κ1) is 17.3. The first-order valence-corrected chi connectivity index (χ1v) is 9.23. The molecular weight excluding hydrogens is 342 g/mol. The molecule has 0 spiro atoms. The molecule has 0 radical (unpaired) electrons. The molecule has 6 nitrogen and oxygen atoms in total. The third kappa shape index (κ3) is 3.69. The van der Waals surface area contributed by atoms with E-state index in [0.717, 1.165) is 18.4 Å². The summed E-state index contributed by atoms with van der Waals surface area (Å²) in [6.45, 7) is 2.44. The number of carbonyl (C=O) groups is 1. The summed E-state index contributed by atoms with van der Waals surface area (Å²) in [6.07, 6.45) is 4.63. The van der Waals surface area contributed by atoms with Crippen LogP contribution in [0.1, 0.15) is 41.3 Å². The molecule has 6 heteroatoms. The average molecular weight is 363 g/mol. The number of fused-ring (bicyclic) bond motifs is 1. The van der Waals surface area contributed by atoms with Gasteiger partial charge in [0, 0.05) is 11.1 Å². The van der Waals surface area contributed by atoms with Gasteiger partial charge in [-0.1, -0.05) is 18.2 Å². The standard InChI is InChI=1S/C21H21N3O3/c1-2-26-18-9-5-8-17(13-18)21(25)22-20-19(23-27-24-20)16-11-10-14-6-3-4-7-15(14)12-16/h5,8-13H,2-4,6-7H2,1H3,(H,22,24,25). The topological polar surface area (TPSA) is 77.2 Å². The van der Waals surface area contributed by atoms with Gasteiger partial charge in [0.25, 0.3) is 5.91 Å². The number of anilines is 1. The van der Waals surface area contributed by atoms with Gasteiger partial charge in [0.2, 0.25) is 5.82 Å². The summed E-state index contributed by atoms with van der Waals surface area (Å²) in [5.74, 6) is 0.683. The fourth-order valence-corrected chi connectivity index (χ4v) is 3.41. The Morgan fingerprint density at radius 3 is 2.81 bits per heavy atom. The lowest BCUT2D eigenvalue weighted by molar-refractivity contribution is 0.102. The Balaban J connectivity index is 1.57. The maximum Gasteiger partial charge on any atom is 0.257 e. The second-order valence-corrected chi connectivity index (χ2v) is 6.57. The minimum Gasteiger partial charge on any atom is -0.494 e. The molecule has 27 heavy (non-hydrogen) atoms. The van der Waals surface area contributed by atoms with Crippen LogP contribution in [-0.2, 0) is 12.8 Å². The van der Waals surface area contributed by atoms with Crippen molar-refractivity contribution in [1.29, 1.82) is 0 Å². The van der Waals surface area contributed by atoms with Crippen LogP contribution in [0, 0.1) is 0 Å². The van der Waals surface area contributed by atoms with E-state index in [1.807, 2.05) is 19.1 Å². The first-order chi connectivity index (χ1) is 13.2. The molecule has 0 bridgehead atoms. The summed E-state index contributed by atoms with van der Waals surface area (Å²) in [5.41, 5.74) is 4.65. The molecule has 3 aromatic rings. The summed E-state index contributed by atoms with van der Waals surface area (Å²) >= 11 is 0. The fraction of sp³-hybridized carbons (Fsp3) is 0.286. The van der Waals surface area contributed by atoms with Crippen LogP contribution < -0.4 is 10.1 Å². The van der Waals surface area contributed by atoms with Crippen molar-refractivity contribution in [2.75, 3.05) is 11.9 Å². The highest BCUT2D eigenvalue weighted by Gasteiger charge is 2.18. The molecule has 0 aliphatic heterocycles. The van der Waals surface area contributed by atoms with E-state index in [1.165, 1.54) is 24.0 Å². The van der Waals surface area contributed by atoms with Crippen LogP contribution >= 0.6 is 0 Å². The summed E-state index contributed by atoms with van der Waals surface area (Å²) in [7, 11) is 0. The molecule has 0 fully saturated rings. The lowest BCUT2D eigenvalue weighted by Crippen LogP contribution is -2.13. The van der Waals surface area contributed by atoms with Gasteiger partial charge in [-0.25, -0.2) is 4.63 Å². The van der Waals surface area contributed by atoms with E-state index >= 15 is 0 Å². The number of aromatic nitrogens is 2. The third-order valence-corrected chi connectivity index (χ3v) is 4.75. The largest absolute Gasteiger partial charge is 0.494 e. The number of ether oxygens (including phenoxy) is 1. The Hall–Kier alpha value is -3.15. The summed E-state index contributed by atoms with van der Waals surface area (Å²) in [6, 6.07) is 13.3. The highest BCUT2D eigenvalue weighted by atomic mass is 16.6. The smallest absolute Gasteiger partial charge is 0.257 e. The van der Waals surface area contributed by atoms with Gasteiger partial charge in [-0.05, 0) is 78.3 Å². The van der Waals surface area contributed by atoms with E-state index in [0.29, 0.717) is 29.4 Å². The van der Waals surface area contributed by atoms with E-state index in [1.54, 1.807) is 18.2 Å². The lowest BCUT2D eigenvalue weighted by Gasteiger charge is -2.16. The maximum atomic E-state index is 12.6. The minimum atomic E-state index is -0.286. The fourth-order valence-electron chi connectivity index (χ4n) is 3.41. The Morgan fingerprint density at radius 2 is 1.96 bits per heavy atom. The summed E-state index contributed by atoms with van der Waals surface area (Å²) in [4.78, 5) is 12.6. The zero-order valence-electron chi connectivity index (χ0n) is 15.2. The molecule has 2 aromatic carbocycles. The van der Waals surface area contributed by atoms with Gasteiger partial charge in [-0.3, -0.25) is 4.79 Å². The van der Waals surface area contributed by atoms with Gasteiger partial charge in [-0.2, -0.15) is 0 Å². The van der Waals surface area contributed by atoms with Gasteiger partial charge in [0.1, 0.15) is 5.75 Å². The summed E-state index contributed by atoms with van der Waals surface area (Å²) in [5, 5.41) is 10.7. The number of carbonyl (C=O) groups excluding carboxylic acids is 1. The monoisotopic (exact) mass is 363 g/mol. The number of benzene rings is 2. The Labute approximate surface area is 157 Å². The lowest BCUT2D eigenvalue weighted by atomic mass is 9.90. The number of hydrogen-bond donors (Lipinski definition) is 1. The van der Waals surface area contributed by atoms with Crippen LogP contribution in [-0.4, -0.2) is 22.8 Å². The first-order valence-electron chi connectivity index (χ1n) is 9.23. The van der Waals surface area contributed by atoms with Gasteiger partial charge in [0.05, 0.1) is 6.61 Å². The number of nitrogens with one attached hydrogen (secondary N) is 1. The molecule has 0 saturated carbocycles. The van der Waals surface area contributed by atoms with Crippen molar-refractivity contribution in [1.82, 2.24) is 10.3 Å². The predicted octanol–water partition coefficient (Wildman–Crippen LogP) is 4.27. The molecule has 1 N–H and O–H groups in total. The van der Waals surface area contributed by atoms with Crippen LogP contribution in [0.4, 0.5) is 5.82 Å². The maximum absolute atomic E-state index is 12.6. The van der Waals surface area contributed by atoms with Crippen molar-refractivity contribution in [3.8, 4) is 17.0 Å². The van der Waals surface area contributed by atoms with Gasteiger partial charge >= 0.3 is 0 Å². The molecule has 0 saturated heterocycles. The number of hydrogen-bond acceptors (Lipinski definition) is 5. The van der Waals surface area contributed by atoms with E-state index in [4.69, 9.17) is 9.37 Å². The molecule has 1 amide bonds. The molecule has 1 aromatic heterocycles. The number of amides is 1. The summed E-state index contributed by atoms with van der Waals surface area (Å²) < 4.78 is 10.4. The molecule has 1 heterocycles. The van der Waals surface area contributed by atoms with Crippen molar-refractivity contribution >= 4 is 11.7 Å². The zero-order valence-corrected chi connectivity index (χ0v) is 15.2. The van der Waals surface area contributed by atoms with E-state index in [-0.39, 0.29) is 5.91 Å². The Bertz CT molecular complexity index is 965. The van der Waals surface area contributed by atoms with Gasteiger partial charge in [0.15, 0.2) is 5.69 Å². The quantitative estimate of drug-likeness (QED) is 0.733. The normalized spacial score (nSPS) is 13.1. The van der Waals surface area contributed by atoms with Crippen molar-refractivity contribution in [2.45, 2.75) is 32.6 Å². The Morgan fingerprint density at radius 1 is 1.11 bits per heavy atom. The second-order valence-electron chi connectivity index (χ2n) is 6.57. The molecule has 138 valence electrons. The van der Waals surface area contributed by atoms with Gasteiger partial charge in [-0.15, -0.1) is 0 Å². The molecule has 1 aliphatic carbocycles. The van der Waals surface area contributed by atoms with Crippen LogP contribution in [0.5, 0.6) is 5.75 Å². The van der Waals surface area contributed by atoms with E-state index in [9.17, 15) is 4.79 Å². The van der Waals surface area contributed by atoms with Crippen molar-refractivity contribution in [3.05, 3.63) is 59.2 Å². The van der Waals surface area contributed by atoms with Crippen LogP contribution in [0.2, 0.25) is 0 Å². The molecule has 1 aliphatic rings. The SMILES string of the molecule is CCOc1cccc(C(=O)Nc2nonc2-c2ccc3c(c2)CCCC3)c1. The number of nitrogens with zero attached hydrogens (tertiary/aromatic N) is 2. The van der Waals surface area contributed by atoms with Crippen LogP contribution in [0.15, 0.2) is 47.1 Å². The molecule has 4 rings (SSSR count). The van der Waals surface area contributed by atoms with Gasteiger partial charge < -0.3 is 10.1 Å². The highest BCUT2D eigenvalue weighted by Crippen LogP contribution is 2.30. The number of rotatable bonds is 5. The molecular formula is C21H21N3O3. The third-order valence-electron chi connectivity index (χ3n) is 4.75. The molecule has 0 atom stereocenters. The van der Waals surface area contributed by atoms with Crippen molar-refractivity contribution < 1.29 is 14.2 Å². The van der Waals surface area contributed by atoms with Crippen LogP contribution in [0.3, 0.4) is 0 Å². The number of aryl methyl sites for hydroxylation is 2.